The molecule has 6 heteroatoms. The van der Waals surface area contributed by atoms with Crippen molar-refractivity contribution < 1.29 is 8.76 Å². The maximum absolute atomic E-state index is 10.8. The number of aromatic nitrogens is 1. The predicted molar refractivity (Wildman–Crippen MR) is 95.5 cm³/mol. The van der Waals surface area contributed by atoms with Crippen molar-refractivity contribution in [3.8, 4) is 0 Å². The summed E-state index contributed by atoms with van der Waals surface area (Å²) < 4.78 is 19.7. The molecule has 1 aromatic heterocycles. The molecule has 1 unspecified atom stereocenters. The second-order valence-electron chi connectivity index (χ2n) is 5.17. The molecule has 0 aliphatic rings. The molecule has 1 heterocycles. The largest absolute Gasteiger partial charge is 0.306 e. The van der Waals surface area contributed by atoms with Crippen molar-refractivity contribution in [1.29, 1.82) is 0 Å². The van der Waals surface area contributed by atoms with Crippen LogP contribution in [0.2, 0.25) is 10.2 Å². The van der Waals surface area contributed by atoms with E-state index in [2.05, 4.69) is 4.98 Å². The van der Waals surface area contributed by atoms with E-state index in [9.17, 15) is 4.21 Å². The molecule has 0 bridgehead atoms. The first-order valence-corrected chi connectivity index (χ1v) is 8.95. The van der Waals surface area contributed by atoms with Crippen molar-refractivity contribution in [2.45, 2.75) is 12.2 Å². The van der Waals surface area contributed by atoms with Crippen LogP contribution in [0.25, 0.3) is 10.9 Å². The summed E-state index contributed by atoms with van der Waals surface area (Å²) in [6, 6.07) is 15.1. The molecule has 3 nitrogen and oxygen atoms in total. The topological polar surface area (TPSA) is 50.2 Å². The molecule has 0 radical (unpaired) electrons. The lowest BCUT2D eigenvalue weighted by molar-refractivity contribution is 0.563. The van der Waals surface area contributed by atoms with Gasteiger partial charge in [0.05, 0.1) is 16.3 Å². The molecule has 0 aliphatic heterocycles. The van der Waals surface area contributed by atoms with Crippen LogP contribution in [-0.2, 0) is 23.3 Å². The molecule has 0 fully saturated rings. The molecular weight excluding hydrogens is 353 g/mol. The smallest absolute Gasteiger partial charge is 0.157 e. The van der Waals surface area contributed by atoms with Crippen LogP contribution in [0.1, 0.15) is 16.7 Å². The standard InChI is InChI=1S/C17H13Cl2NO2S/c18-16-13-3-1-2-4-15(13)20-17(19)14(16)9-11-5-7-12(8-6-11)10-23(21)22/h1-8H,9-10H2,(H,21,22). The van der Waals surface area contributed by atoms with E-state index < -0.39 is 11.1 Å². The van der Waals surface area contributed by atoms with Gasteiger partial charge in [-0.3, -0.25) is 0 Å². The van der Waals surface area contributed by atoms with Crippen LogP contribution in [0.15, 0.2) is 48.5 Å². The van der Waals surface area contributed by atoms with Gasteiger partial charge < -0.3 is 4.55 Å². The van der Waals surface area contributed by atoms with E-state index in [-0.39, 0.29) is 5.75 Å². The van der Waals surface area contributed by atoms with E-state index in [4.69, 9.17) is 27.8 Å². The first kappa shape index (κ1) is 16.4. The molecular formula is C17H13Cl2NO2S. The van der Waals surface area contributed by atoms with Gasteiger partial charge in [0, 0.05) is 17.4 Å². The van der Waals surface area contributed by atoms with Gasteiger partial charge in [-0.1, -0.05) is 65.7 Å². The summed E-state index contributed by atoms with van der Waals surface area (Å²) in [5.74, 6) is 0.124. The second-order valence-corrected chi connectivity index (χ2v) is 6.84. The Labute approximate surface area is 146 Å². The van der Waals surface area contributed by atoms with E-state index in [0.717, 1.165) is 27.6 Å². The minimum Gasteiger partial charge on any atom is -0.306 e. The van der Waals surface area contributed by atoms with Crippen LogP contribution < -0.4 is 0 Å². The first-order chi connectivity index (χ1) is 11.0. The average molecular weight is 366 g/mol. The maximum atomic E-state index is 10.8. The SMILES string of the molecule is O=S(O)Cc1ccc(Cc2c(Cl)nc3ccccc3c2Cl)cc1. The third-order valence-electron chi connectivity index (χ3n) is 3.57. The molecule has 1 N–H and O–H groups in total. The van der Waals surface area contributed by atoms with E-state index in [1.54, 1.807) is 0 Å². The molecule has 2 aromatic carbocycles. The van der Waals surface area contributed by atoms with Crippen molar-refractivity contribution in [3.05, 3.63) is 75.4 Å². The summed E-state index contributed by atoms with van der Waals surface area (Å²) in [5, 5.41) is 1.89. The zero-order valence-corrected chi connectivity index (χ0v) is 14.3. The van der Waals surface area contributed by atoms with Crippen molar-refractivity contribution in [2.24, 2.45) is 0 Å². The monoisotopic (exact) mass is 365 g/mol. The molecule has 0 amide bonds. The normalized spacial score (nSPS) is 12.5. The van der Waals surface area contributed by atoms with Crippen molar-refractivity contribution in [2.75, 3.05) is 0 Å². The van der Waals surface area contributed by atoms with E-state index in [0.29, 0.717) is 16.6 Å². The van der Waals surface area contributed by atoms with Gasteiger partial charge in [0.1, 0.15) is 5.15 Å². The Morgan fingerprint density at radius 2 is 1.65 bits per heavy atom. The second kappa shape index (κ2) is 6.97. The Bertz CT molecular complexity index is 882. The third-order valence-corrected chi connectivity index (χ3v) is 4.89. The van der Waals surface area contributed by atoms with Crippen LogP contribution in [0.5, 0.6) is 0 Å². The Morgan fingerprint density at radius 3 is 2.35 bits per heavy atom. The van der Waals surface area contributed by atoms with Crippen LogP contribution in [0.3, 0.4) is 0 Å². The quantitative estimate of drug-likeness (QED) is 0.530. The van der Waals surface area contributed by atoms with Gasteiger partial charge in [0.25, 0.3) is 0 Å². The van der Waals surface area contributed by atoms with Gasteiger partial charge in [0.15, 0.2) is 11.1 Å². The number of hydrogen-bond acceptors (Lipinski definition) is 2. The van der Waals surface area contributed by atoms with E-state index in [1.165, 1.54) is 0 Å². The number of para-hydroxylation sites is 1. The number of pyridine rings is 1. The van der Waals surface area contributed by atoms with Gasteiger partial charge in [-0.25, -0.2) is 9.19 Å². The molecule has 118 valence electrons. The number of nitrogens with zero attached hydrogens (tertiary/aromatic N) is 1. The Morgan fingerprint density at radius 1 is 1.00 bits per heavy atom. The molecule has 23 heavy (non-hydrogen) atoms. The summed E-state index contributed by atoms with van der Waals surface area (Å²) in [6.07, 6.45) is 0.554. The molecule has 3 rings (SSSR count). The molecule has 0 saturated carbocycles. The highest BCUT2D eigenvalue weighted by atomic mass is 35.5. The maximum Gasteiger partial charge on any atom is 0.157 e. The molecule has 0 spiro atoms. The molecule has 0 aliphatic carbocycles. The number of halogens is 2. The van der Waals surface area contributed by atoms with Crippen LogP contribution in [-0.4, -0.2) is 13.7 Å². The van der Waals surface area contributed by atoms with E-state index >= 15 is 0 Å². The zero-order valence-electron chi connectivity index (χ0n) is 12.0. The highest BCUT2D eigenvalue weighted by molar-refractivity contribution is 7.78. The minimum atomic E-state index is -1.84. The lowest BCUT2D eigenvalue weighted by Gasteiger charge is -2.10. The Hall–Kier alpha value is -1.46. The van der Waals surface area contributed by atoms with Gasteiger partial charge in [0.2, 0.25) is 0 Å². The summed E-state index contributed by atoms with van der Waals surface area (Å²) in [5.41, 5.74) is 3.37. The first-order valence-electron chi connectivity index (χ1n) is 6.92. The lowest BCUT2D eigenvalue weighted by Crippen LogP contribution is -1.97. The number of rotatable bonds is 4. The predicted octanol–water partition coefficient (Wildman–Crippen LogP) is 4.85. The lowest BCUT2D eigenvalue weighted by atomic mass is 10.0. The van der Waals surface area contributed by atoms with Gasteiger partial charge >= 0.3 is 0 Å². The van der Waals surface area contributed by atoms with Gasteiger partial charge in [-0.2, -0.15) is 0 Å². The van der Waals surface area contributed by atoms with Crippen molar-refractivity contribution >= 4 is 45.2 Å². The fourth-order valence-electron chi connectivity index (χ4n) is 2.43. The summed E-state index contributed by atoms with van der Waals surface area (Å²) in [4.78, 5) is 4.40. The third kappa shape index (κ3) is 3.72. The van der Waals surface area contributed by atoms with Gasteiger partial charge in [-0.05, 0) is 17.2 Å². The zero-order chi connectivity index (χ0) is 16.4. The summed E-state index contributed by atoms with van der Waals surface area (Å²) in [6.45, 7) is 0. The fourth-order valence-corrected chi connectivity index (χ4v) is 3.53. The van der Waals surface area contributed by atoms with Crippen LogP contribution in [0, 0.1) is 0 Å². The van der Waals surface area contributed by atoms with E-state index in [1.807, 2.05) is 48.5 Å². The van der Waals surface area contributed by atoms with Crippen molar-refractivity contribution in [1.82, 2.24) is 4.98 Å². The number of fused-ring (bicyclic) bond motifs is 1. The molecule has 1 atom stereocenters. The Kier molecular flexibility index (Phi) is 4.97. The molecule has 3 aromatic rings. The summed E-state index contributed by atoms with van der Waals surface area (Å²) in [7, 11) is 0. The number of hydrogen-bond donors (Lipinski definition) is 1. The number of benzene rings is 2. The van der Waals surface area contributed by atoms with Gasteiger partial charge in [-0.15, -0.1) is 0 Å². The summed E-state index contributed by atoms with van der Waals surface area (Å²) >= 11 is 11.0. The highest BCUT2D eigenvalue weighted by Crippen LogP contribution is 2.32. The average Bonchev–Trinajstić information content (AvgIpc) is 2.52. The minimum absolute atomic E-state index is 0.124. The van der Waals surface area contributed by atoms with Crippen LogP contribution in [0.4, 0.5) is 0 Å². The van der Waals surface area contributed by atoms with Crippen LogP contribution >= 0.6 is 23.2 Å². The Balaban J connectivity index is 1.93. The molecule has 0 saturated heterocycles. The fraction of sp³-hybridized carbons (Fsp3) is 0.118. The highest BCUT2D eigenvalue weighted by Gasteiger charge is 2.12. The van der Waals surface area contributed by atoms with Crippen molar-refractivity contribution in [3.63, 3.8) is 0 Å².